The van der Waals surface area contributed by atoms with E-state index >= 15 is 0 Å². The lowest BCUT2D eigenvalue weighted by Gasteiger charge is -2.30. The van der Waals surface area contributed by atoms with E-state index in [4.69, 9.17) is 20.0 Å². The van der Waals surface area contributed by atoms with Crippen LogP contribution in [0, 0.1) is 33.7 Å². The van der Waals surface area contributed by atoms with Gasteiger partial charge in [-0.3, -0.25) is 10.1 Å². The zero-order chi connectivity index (χ0) is 20.8. The second-order valence-electron chi connectivity index (χ2n) is 8.20. The third-order valence-corrected chi connectivity index (χ3v) is 5.01. The van der Waals surface area contributed by atoms with Gasteiger partial charge in [0.15, 0.2) is 12.4 Å². The van der Waals surface area contributed by atoms with Crippen molar-refractivity contribution in [3.05, 3.63) is 0 Å². The first-order valence-electron chi connectivity index (χ1n) is 9.67. The Hall–Kier alpha value is -1.83. The largest absolute Gasteiger partial charge is 0.381 e. The summed E-state index contributed by atoms with van der Waals surface area (Å²) in [6.45, 7) is 12.6. The van der Waals surface area contributed by atoms with E-state index < -0.39 is 5.41 Å². The maximum atomic E-state index is 11.7. The highest BCUT2D eigenvalue weighted by Gasteiger charge is 2.27. The molecule has 1 unspecified atom stereocenters. The SMILES string of the molecule is CC(NC#N)C(C)(C)CCCOCCCOCCCC(C)(C)C(=O)NC#N. The molecule has 2 N–H and O–H groups in total. The third kappa shape index (κ3) is 11.5. The van der Waals surface area contributed by atoms with Crippen molar-refractivity contribution in [3.63, 3.8) is 0 Å². The van der Waals surface area contributed by atoms with E-state index in [-0.39, 0.29) is 17.4 Å². The van der Waals surface area contributed by atoms with Crippen molar-refractivity contribution in [1.82, 2.24) is 10.6 Å². The summed E-state index contributed by atoms with van der Waals surface area (Å²) < 4.78 is 11.2. The van der Waals surface area contributed by atoms with Crippen molar-refractivity contribution in [3.8, 4) is 12.4 Å². The maximum Gasteiger partial charge on any atom is 0.238 e. The van der Waals surface area contributed by atoms with Gasteiger partial charge < -0.3 is 14.8 Å². The molecular formula is C20H36N4O3. The molecule has 1 amide bonds. The average Bonchev–Trinajstić information content (AvgIpc) is 2.59. The van der Waals surface area contributed by atoms with Gasteiger partial charge in [0.1, 0.15) is 0 Å². The van der Waals surface area contributed by atoms with Crippen molar-refractivity contribution in [2.45, 2.75) is 72.8 Å². The maximum absolute atomic E-state index is 11.7. The molecule has 0 aliphatic heterocycles. The molecule has 0 aliphatic rings. The fourth-order valence-corrected chi connectivity index (χ4v) is 2.56. The third-order valence-electron chi connectivity index (χ3n) is 5.01. The Balaban J connectivity index is 3.60. The van der Waals surface area contributed by atoms with Gasteiger partial charge in [0.05, 0.1) is 0 Å². The van der Waals surface area contributed by atoms with Gasteiger partial charge >= 0.3 is 0 Å². The van der Waals surface area contributed by atoms with Gasteiger partial charge in [-0.15, -0.1) is 0 Å². The molecule has 0 radical (unpaired) electrons. The van der Waals surface area contributed by atoms with Crippen molar-refractivity contribution < 1.29 is 14.3 Å². The van der Waals surface area contributed by atoms with Gasteiger partial charge in [0.2, 0.25) is 5.91 Å². The molecule has 0 saturated carbocycles. The molecule has 0 spiro atoms. The van der Waals surface area contributed by atoms with Crippen LogP contribution in [0.25, 0.3) is 0 Å². The summed E-state index contributed by atoms with van der Waals surface area (Å²) in [6, 6.07) is 0.145. The van der Waals surface area contributed by atoms with E-state index in [2.05, 4.69) is 24.5 Å². The molecule has 0 aromatic rings. The van der Waals surface area contributed by atoms with Crippen LogP contribution in [-0.4, -0.2) is 38.4 Å². The van der Waals surface area contributed by atoms with E-state index in [1.807, 2.05) is 27.0 Å². The minimum atomic E-state index is -0.559. The standard InChI is InChI=1S/C20H36N4O3/c1-17(23-15-21)19(2,3)9-6-11-26-13-8-14-27-12-7-10-20(4,5)18(25)24-16-22/h17,23H,6-14H2,1-5H3,(H,24,25). The van der Waals surface area contributed by atoms with Crippen LogP contribution in [0.5, 0.6) is 0 Å². The van der Waals surface area contributed by atoms with Crippen molar-refractivity contribution in [2.75, 3.05) is 26.4 Å². The molecule has 27 heavy (non-hydrogen) atoms. The number of hydrogen-bond donors (Lipinski definition) is 2. The number of carbonyl (C=O) groups excluding carboxylic acids is 1. The summed E-state index contributed by atoms with van der Waals surface area (Å²) in [5.74, 6) is -0.251. The molecule has 7 heteroatoms. The second kappa shape index (κ2) is 13.4. The summed E-state index contributed by atoms with van der Waals surface area (Å²) >= 11 is 0. The number of nitrogens with one attached hydrogen (secondary N) is 2. The molecule has 0 saturated heterocycles. The first-order valence-corrected chi connectivity index (χ1v) is 9.67. The smallest absolute Gasteiger partial charge is 0.238 e. The molecule has 0 aliphatic carbocycles. The first-order chi connectivity index (χ1) is 12.7. The molecule has 0 aromatic heterocycles. The Morgan fingerprint density at radius 3 is 1.96 bits per heavy atom. The predicted octanol–water partition coefficient (Wildman–Crippen LogP) is 3.08. The fourth-order valence-electron chi connectivity index (χ4n) is 2.56. The average molecular weight is 381 g/mol. The zero-order valence-electron chi connectivity index (χ0n) is 17.6. The minimum absolute atomic E-state index is 0.0557. The minimum Gasteiger partial charge on any atom is -0.381 e. The van der Waals surface area contributed by atoms with Crippen LogP contribution in [0.3, 0.4) is 0 Å². The Morgan fingerprint density at radius 2 is 1.44 bits per heavy atom. The highest BCUT2D eigenvalue weighted by atomic mass is 16.5. The van der Waals surface area contributed by atoms with Crippen LogP contribution in [0.1, 0.15) is 66.7 Å². The lowest BCUT2D eigenvalue weighted by molar-refractivity contribution is -0.128. The Labute approximate surface area is 164 Å². The van der Waals surface area contributed by atoms with E-state index in [9.17, 15) is 4.79 Å². The van der Waals surface area contributed by atoms with E-state index in [1.165, 1.54) is 0 Å². The molecule has 0 heterocycles. The Bertz CT molecular complexity index is 506. The molecule has 0 fully saturated rings. The van der Waals surface area contributed by atoms with Crippen LogP contribution >= 0.6 is 0 Å². The topological polar surface area (TPSA) is 107 Å². The second-order valence-corrected chi connectivity index (χ2v) is 8.20. The Morgan fingerprint density at radius 1 is 0.926 bits per heavy atom. The first kappa shape index (κ1) is 25.2. The quantitative estimate of drug-likeness (QED) is 0.257. The highest BCUT2D eigenvalue weighted by Crippen LogP contribution is 2.26. The normalized spacial score (nSPS) is 12.7. The fraction of sp³-hybridized carbons (Fsp3) is 0.850. The van der Waals surface area contributed by atoms with Gasteiger partial charge in [-0.2, -0.15) is 10.5 Å². The van der Waals surface area contributed by atoms with Crippen LogP contribution in [0.15, 0.2) is 0 Å². The van der Waals surface area contributed by atoms with Crippen LogP contribution in [-0.2, 0) is 14.3 Å². The van der Waals surface area contributed by atoms with Crippen molar-refractivity contribution in [1.29, 1.82) is 10.5 Å². The Kier molecular flexibility index (Phi) is 12.5. The summed E-state index contributed by atoms with van der Waals surface area (Å²) in [4.78, 5) is 11.7. The van der Waals surface area contributed by atoms with E-state index in [0.29, 0.717) is 32.8 Å². The van der Waals surface area contributed by atoms with Gasteiger partial charge in [-0.1, -0.05) is 27.7 Å². The summed E-state index contributed by atoms with van der Waals surface area (Å²) in [5.41, 5.74) is -0.504. The lowest BCUT2D eigenvalue weighted by Crippen LogP contribution is -2.37. The number of rotatable bonds is 15. The monoisotopic (exact) mass is 380 g/mol. The molecule has 7 nitrogen and oxygen atoms in total. The number of ether oxygens (including phenoxy) is 2. The van der Waals surface area contributed by atoms with Gasteiger partial charge in [-0.25, -0.2) is 0 Å². The molecule has 0 aromatic carbocycles. The molecule has 154 valence electrons. The number of carbonyl (C=O) groups is 1. The summed E-state index contributed by atoms with van der Waals surface area (Å²) in [7, 11) is 0. The van der Waals surface area contributed by atoms with Crippen LogP contribution in [0.2, 0.25) is 0 Å². The molecule has 0 bridgehead atoms. The molecular weight excluding hydrogens is 344 g/mol. The van der Waals surface area contributed by atoms with Crippen molar-refractivity contribution >= 4 is 5.91 Å². The predicted molar refractivity (Wildman–Crippen MR) is 104 cm³/mol. The van der Waals surface area contributed by atoms with Crippen LogP contribution < -0.4 is 10.6 Å². The van der Waals surface area contributed by atoms with Gasteiger partial charge in [0, 0.05) is 37.9 Å². The number of amides is 1. The lowest BCUT2D eigenvalue weighted by atomic mass is 9.81. The van der Waals surface area contributed by atoms with Crippen molar-refractivity contribution in [2.24, 2.45) is 10.8 Å². The van der Waals surface area contributed by atoms with Gasteiger partial charge in [0.25, 0.3) is 0 Å². The van der Waals surface area contributed by atoms with Gasteiger partial charge in [-0.05, 0) is 44.4 Å². The molecule has 1 atom stereocenters. The van der Waals surface area contributed by atoms with E-state index in [0.717, 1.165) is 25.7 Å². The van der Waals surface area contributed by atoms with Crippen LogP contribution in [0.4, 0.5) is 0 Å². The van der Waals surface area contributed by atoms with E-state index in [1.54, 1.807) is 6.19 Å². The summed E-state index contributed by atoms with van der Waals surface area (Å²) in [6.07, 6.45) is 7.92. The zero-order valence-corrected chi connectivity index (χ0v) is 17.6. The number of hydrogen-bond acceptors (Lipinski definition) is 6. The molecule has 0 rings (SSSR count). The summed E-state index contributed by atoms with van der Waals surface area (Å²) in [5, 5.41) is 22.2. The highest BCUT2D eigenvalue weighted by molar-refractivity contribution is 5.82. The number of nitriles is 2. The number of nitrogens with zero attached hydrogens (tertiary/aromatic N) is 2.